The zero-order chi connectivity index (χ0) is 38.1. The summed E-state index contributed by atoms with van der Waals surface area (Å²) in [6, 6.07) is 14.4. The molecule has 0 spiro atoms. The smallest absolute Gasteiger partial charge is 0.333 e. The van der Waals surface area contributed by atoms with Gasteiger partial charge >= 0.3 is 35.8 Å². The van der Waals surface area contributed by atoms with Crippen molar-refractivity contribution in [1.29, 1.82) is 0 Å². The molecule has 2 N–H and O–H groups in total. The van der Waals surface area contributed by atoms with Crippen LogP contribution in [-0.2, 0) is 53.1 Å². The maximum absolute atomic E-state index is 12.1. The molecule has 0 aromatic heterocycles. The number of carboxylic acids is 2. The number of carboxylic acid groups (broad SMARTS) is 2. The largest absolute Gasteiger partial charge is 0.490 e. The second-order valence-electron chi connectivity index (χ2n) is 12.1. The molecule has 2 atom stereocenters. The summed E-state index contributed by atoms with van der Waals surface area (Å²) in [6.45, 7) is 13.1. The van der Waals surface area contributed by atoms with Crippen LogP contribution in [0, 0.1) is 0 Å². The number of esters is 4. The molecule has 0 fully saturated rings. The SMILES string of the molecule is C=C(C)C(=O)OCC(COc1ccc(C(C)(C)c2ccc(OCC(COC(=O)C(=C)C)OC(=O)CCC(=O)O)cc2)cc1)OC(=O)CCC(=O)O. The highest BCUT2D eigenvalue weighted by molar-refractivity contribution is 5.87. The molecule has 14 heteroatoms. The molecule has 0 saturated carbocycles. The third kappa shape index (κ3) is 15.2. The quantitative estimate of drug-likeness (QED) is 0.0978. The summed E-state index contributed by atoms with van der Waals surface area (Å²) in [6.07, 6.45) is -3.50. The zero-order valence-corrected chi connectivity index (χ0v) is 29.1. The van der Waals surface area contributed by atoms with E-state index in [9.17, 15) is 28.8 Å². The van der Waals surface area contributed by atoms with Crippen molar-refractivity contribution < 1.29 is 67.4 Å². The zero-order valence-electron chi connectivity index (χ0n) is 29.1. The summed E-state index contributed by atoms with van der Waals surface area (Å²) in [5.74, 6) is -4.30. The molecule has 51 heavy (non-hydrogen) atoms. The number of ether oxygens (including phenoxy) is 6. The fraction of sp³-hybridized carbons (Fsp3) is 0.405. The Morgan fingerprint density at radius 1 is 0.588 bits per heavy atom. The van der Waals surface area contributed by atoms with E-state index < -0.39 is 66.3 Å². The molecular formula is C37H44O14. The van der Waals surface area contributed by atoms with Crippen molar-refractivity contribution in [3.05, 3.63) is 84.0 Å². The van der Waals surface area contributed by atoms with Crippen LogP contribution in [0.15, 0.2) is 72.8 Å². The van der Waals surface area contributed by atoms with Gasteiger partial charge < -0.3 is 38.6 Å². The molecule has 0 radical (unpaired) electrons. The van der Waals surface area contributed by atoms with E-state index in [2.05, 4.69) is 13.2 Å². The van der Waals surface area contributed by atoms with Crippen molar-refractivity contribution in [2.45, 2.75) is 71.0 Å². The predicted molar refractivity (Wildman–Crippen MR) is 181 cm³/mol. The maximum atomic E-state index is 12.1. The lowest BCUT2D eigenvalue weighted by atomic mass is 9.78. The molecular weight excluding hydrogens is 668 g/mol. The van der Waals surface area contributed by atoms with E-state index in [-0.39, 0.29) is 50.4 Å². The monoisotopic (exact) mass is 712 g/mol. The van der Waals surface area contributed by atoms with Crippen molar-refractivity contribution in [2.24, 2.45) is 0 Å². The van der Waals surface area contributed by atoms with E-state index >= 15 is 0 Å². The average molecular weight is 713 g/mol. The van der Waals surface area contributed by atoms with Crippen LogP contribution in [0.25, 0.3) is 0 Å². The second-order valence-corrected chi connectivity index (χ2v) is 12.1. The summed E-state index contributed by atoms with van der Waals surface area (Å²) >= 11 is 0. The van der Waals surface area contributed by atoms with Gasteiger partial charge in [0.2, 0.25) is 0 Å². The molecule has 0 aliphatic heterocycles. The fourth-order valence-electron chi connectivity index (χ4n) is 4.20. The number of hydrogen-bond donors (Lipinski definition) is 2. The summed E-state index contributed by atoms with van der Waals surface area (Å²) in [5.41, 5.74) is 1.71. The molecule has 276 valence electrons. The second kappa shape index (κ2) is 20.1. The highest BCUT2D eigenvalue weighted by atomic mass is 16.6. The lowest BCUT2D eigenvalue weighted by molar-refractivity contribution is -0.160. The van der Waals surface area contributed by atoms with Crippen LogP contribution in [0.2, 0.25) is 0 Å². The minimum absolute atomic E-state index is 0.161. The molecule has 0 amide bonds. The van der Waals surface area contributed by atoms with Gasteiger partial charge in [-0.25, -0.2) is 9.59 Å². The first-order valence-corrected chi connectivity index (χ1v) is 15.9. The minimum Gasteiger partial charge on any atom is -0.490 e. The van der Waals surface area contributed by atoms with Gasteiger partial charge in [0.15, 0.2) is 12.2 Å². The van der Waals surface area contributed by atoms with E-state index in [1.54, 1.807) is 24.3 Å². The lowest BCUT2D eigenvalue weighted by Gasteiger charge is -2.27. The van der Waals surface area contributed by atoms with Crippen LogP contribution in [-0.4, -0.2) is 84.7 Å². The third-order valence-corrected chi connectivity index (χ3v) is 7.20. The van der Waals surface area contributed by atoms with Gasteiger partial charge in [-0.3, -0.25) is 19.2 Å². The summed E-state index contributed by atoms with van der Waals surface area (Å²) in [7, 11) is 0. The van der Waals surface area contributed by atoms with Gasteiger partial charge in [0, 0.05) is 16.6 Å². The number of carbonyl (C=O) groups is 6. The standard InChI is InChI=1S/C37H44O14/c1-23(2)35(44)48-21-29(50-33(42)17-15-31(38)39)19-46-27-11-7-25(8-12-27)37(5,6)26-9-13-28(14-10-26)47-20-30(22-49-36(45)24(3)4)51-34(43)18-16-32(40)41/h7-14,29-30H,1,3,15-22H2,2,4-6H3,(H,38,39)(H,40,41). The Morgan fingerprint density at radius 2 is 0.922 bits per heavy atom. The van der Waals surface area contributed by atoms with Gasteiger partial charge in [-0.2, -0.15) is 0 Å². The molecule has 0 aliphatic carbocycles. The Labute approximate surface area is 295 Å². The minimum atomic E-state index is -1.15. The summed E-state index contributed by atoms with van der Waals surface area (Å²) in [5, 5.41) is 17.7. The van der Waals surface area contributed by atoms with Crippen molar-refractivity contribution in [1.82, 2.24) is 0 Å². The number of hydrogen-bond acceptors (Lipinski definition) is 12. The first-order chi connectivity index (χ1) is 24.0. The van der Waals surface area contributed by atoms with Crippen LogP contribution < -0.4 is 9.47 Å². The van der Waals surface area contributed by atoms with Crippen molar-refractivity contribution in [3.63, 3.8) is 0 Å². The molecule has 0 heterocycles. The average Bonchev–Trinajstić information content (AvgIpc) is 3.08. The fourth-order valence-corrected chi connectivity index (χ4v) is 4.20. The number of aliphatic carboxylic acids is 2. The molecule has 0 aliphatic rings. The van der Waals surface area contributed by atoms with Gasteiger partial charge in [0.05, 0.1) is 25.7 Å². The summed E-state index contributed by atoms with van der Waals surface area (Å²) < 4.78 is 32.4. The van der Waals surface area contributed by atoms with Crippen molar-refractivity contribution >= 4 is 35.8 Å². The topological polar surface area (TPSA) is 198 Å². The van der Waals surface area contributed by atoms with E-state index in [1.165, 1.54) is 13.8 Å². The van der Waals surface area contributed by atoms with Crippen LogP contribution in [0.1, 0.15) is 64.5 Å². The van der Waals surface area contributed by atoms with Crippen LogP contribution in [0.3, 0.4) is 0 Å². The third-order valence-electron chi connectivity index (χ3n) is 7.20. The number of benzene rings is 2. The molecule has 2 unspecified atom stereocenters. The Bertz CT molecular complexity index is 1440. The first-order valence-electron chi connectivity index (χ1n) is 15.9. The molecule has 2 rings (SSSR count). The molecule has 0 bridgehead atoms. The Balaban J connectivity index is 2.05. The highest BCUT2D eigenvalue weighted by Gasteiger charge is 2.25. The van der Waals surface area contributed by atoms with E-state index in [4.69, 9.17) is 38.6 Å². The van der Waals surface area contributed by atoms with Gasteiger partial charge in [0.25, 0.3) is 0 Å². The normalized spacial score (nSPS) is 12.0. The summed E-state index contributed by atoms with van der Waals surface area (Å²) in [4.78, 5) is 69.5. The Morgan fingerprint density at radius 3 is 1.22 bits per heavy atom. The molecule has 2 aromatic carbocycles. The van der Waals surface area contributed by atoms with Gasteiger partial charge in [-0.05, 0) is 49.2 Å². The van der Waals surface area contributed by atoms with Crippen LogP contribution in [0.4, 0.5) is 0 Å². The van der Waals surface area contributed by atoms with E-state index in [0.29, 0.717) is 11.5 Å². The Kier molecular flexibility index (Phi) is 16.4. The van der Waals surface area contributed by atoms with Gasteiger partial charge in [0.1, 0.15) is 37.9 Å². The highest BCUT2D eigenvalue weighted by Crippen LogP contribution is 2.33. The van der Waals surface area contributed by atoms with Crippen LogP contribution in [0.5, 0.6) is 11.5 Å². The van der Waals surface area contributed by atoms with E-state index in [0.717, 1.165) is 11.1 Å². The first kappa shape index (κ1) is 41.5. The Hall–Kier alpha value is -5.66. The molecule has 0 saturated heterocycles. The van der Waals surface area contributed by atoms with Crippen molar-refractivity contribution in [3.8, 4) is 11.5 Å². The number of carbonyl (C=O) groups excluding carboxylic acids is 4. The van der Waals surface area contributed by atoms with Gasteiger partial charge in [-0.1, -0.05) is 51.3 Å². The maximum Gasteiger partial charge on any atom is 0.333 e. The van der Waals surface area contributed by atoms with Crippen molar-refractivity contribution in [2.75, 3.05) is 26.4 Å². The lowest BCUT2D eigenvalue weighted by Crippen LogP contribution is -2.31. The molecule has 14 nitrogen and oxygen atoms in total. The van der Waals surface area contributed by atoms with Crippen LogP contribution >= 0.6 is 0 Å². The van der Waals surface area contributed by atoms with Gasteiger partial charge in [-0.15, -0.1) is 0 Å². The van der Waals surface area contributed by atoms with E-state index in [1.807, 2.05) is 38.1 Å². The molecule has 2 aromatic rings. The predicted octanol–water partition coefficient (Wildman–Crippen LogP) is 4.56. The number of rotatable bonds is 22.